The Labute approximate surface area is 107 Å². The van der Waals surface area contributed by atoms with Crippen LogP contribution in [0.2, 0.25) is 0 Å². The predicted molar refractivity (Wildman–Crippen MR) is 71.2 cm³/mol. The molecular weight excluding hydrogens is 232 g/mol. The number of carbonyl (C=O) groups is 1. The number of anilines is 1. The van der Waals surface area contributed by atoms with Gasteiger partial charge in [0.05, 0.1) is 6.42 Å². The van der Waals surface area contributed by atoms with Crippen LogP contribution >= 0.6 is 12.8 Å². The zero-order valence-corrected chi connectivity index (χ0v) is 10.6. The average Bonchev–Trinajstić information content (AvgIpc) is 2.66. The van der Waals surface area contributed by atoms with Crippen LogP contribution in [0.4, 0.5) is 5.69 Å². The SMILES string of the molecule is O=C1Cc2ccccc2N1C1CCN(S)CC1. The lowest BCUT2D eigenvalue weighted by molar-refractivity contribution is -0.117. The predicted octanol–water partition coefficient (Wildman–Crippen LogP) is 1.88. The van der Waals surface area contributed by atoms with E-state index in [9.17, 15) is 4.79 Å². The van der Waals surface area contributed by atoms with Crippen molar-refractivity contribution in [3.63, 3.8) is 0 Å². The molecule has 3 rings (SSSR count). The standard InChI is InChI=1S/C13H16N2OS/c16-13-9-10-3-1-2-4-12(10)15(13)11-5-7-14(17)8-6-11/h1-4,11,17H,5-9H2. The molecule has 90 valence electrons. The number of piperidine rings is 1. The van der Waals surface area contributed by atoms with Gasteiger partial charge in [-0.25, -0.2) is 0 Å². The lowest BCUT2D eigenvalue weighted by Gasteiger charge is -2.34. The third-order valence-corrected chi connectivity index (χ3v) is 4.07. The molecule has 0 bridgehead atoms. The Kier molecular flexibility index (Phi) is 2.84. The molecule has 0 radical (unpaired) electrons. The van der Waals surface area contributed by atoms with E-state index in [4.69, 9.17) is 0 Å². The Bertz CT molecular complexity index is 441. The van der Waals surface area contributed by atoms with Crippen molar-refractivity contribution in [3.8, 4) is 0 Å². The minimum atomic E-state index is 0.254. The summed E-state index contributed by atoms with van der Waals surface area (Å²) in [7, 11) is 0. The topological polar surface area (TPSA) is 23.6 Å². The van der Waals surface area contributed by atoms with Gasteiger partial charge in [-0.15, -0.1) is 0 Å². The first-order chi connectivity index (χ1) is 8.25. The zero-order valence-electron chi connectivity index (χ0n) is 9.67. The van der Waals surface area contributed by atoms with E-state index in [2.05, 4.69) is 24.9 Å². The molecule has 2 aliphatic heterocycles. The molecule has 0 spiro atoms. The van der Waals surface area contributed by atoms with Crippen LogP contribution in [0.3, 0.4) is 0 Å². The summed E-state index contributed by atoms with van der Waals surface area (Å²) in [5.74, 6) is 0.254. The van der Waals surface area contributed by atoms with Gasteiger partial charge in [0.25, 0.3) is 0 Å². The third kappa shape index (κ3) is 1.96. The fourth-order valence-corrected chi connectivity index (χ4v) is 3.02. The van der Waals surface area contributed by atoms with Gasteiger partial charge in [0.1, 0.15) is 0 Å². The third-order valence-electron chi connectivity index (χ3n) is 3.67. The lowest BCUT2D eigenvalue weighted by Crippen LogP contribution is -2.44. The van der Waals surface area contributed by atoms with Crippen LogP contribution in [0.25, 0.3) is 0 Å². The van der Waals surface area contributed by atoms with Gasteiger partial charge in [-0.1, -0.05) is 31.0 Å². The summed E-state index contributed by atoms with van der Waals surface area (Å²) in [6, 6.07) is 8.49. The van der Waals surface area contributed by atoms with E-state index in [1.54, 1.807) is 0 Å². The molecule has 2 heterocycles. The van der Waals surface area contributed by atoms with Crippen molar-refractivity contribution in [2.45, 2.75) is 25.3 Å². The van der Waals surface area contributed by atoms with Crippen LogP contribution in [0.1, 0.15) is 18.4 Å². The van der Waals surface area contributed by atoms with Gasteiger partial charge in [-0.2, -0.15) is 0 Å². The Morgan fingerprint density at radius 3 is 2.65 bits per heavy atom. The highest BCUT2D eigenvalue weighted by molar-refractivity contribution is 7.77. The quantitative estimate of drug-likeness (QED) is 0.767. The Morgan fingerprint density at radius 2 is 1.88 bits per heavy atom. The summed E-state index contributed by atoms with van der Waals surface area (Å²) in [5.41, 5.74) is 2.29. The van der Waals surface area contributed by atoms with Crippen LogP contribution in [-0.2, 0) is 11.2 Å². The molecule has 0 N–H and O–H groups in total. The largest absolute Gasteiger partial charge is 0.309 e. The van der Waals surface area contributed by atoms with Crippen molar-refractivity contribution in [1.29, 1.82) is 0 Å². The van der Waals surface area contributed by atoms with Crippen molar-refractivity contribution >= 4 is 24.4 Å². The number of hydrogen-bond acceptors (Lipinski definition) is 3. The van der Waals surface area contributed by atoms with Gasteiger partial charge >= 0.3 is 0 Å². The smallest absolute Gasteiger partial charge is 0.231 e. The minimum Gasteiger partial charge on any atom is -0.309 e. The second kappa shape index (κ2) is 4.35. The van der Waals surface area contributed by atoms with E-state index in [1.807, 2.05) is 21.3 Å². The summed E-state index contributed by atoms with van der Waals surface area (Å²) in [6.07, 6.45) is 2.60. The molecule has 0 aliphatic carbocycles. The summed E-state index contributed by atoms with van der Waals surface area (Å²) in [4.78, 5) is 14.1. The zero-order chi connectivity index (χ0) is 11.8. The van der Waals surface area contributed by atoms with Crippen molar-refractivity contribution < 1.29 is 4.79 Å². The van der Waals surface area contributed by atoms with E-state index in [1.165, 1.54) is 5.56 Å². The number of nitrogens with zero attached hydrogens (tertiary/aromatic N) is 2. The van der Waals surface area contributed by atoms with Crippen LogP contribution in [0.5, 0.6) is 0 Å². The molecule has 1 aromatic carbocycles. The first-order valence-electron chi connectivity index (χ1n) is 6.09. The van der Waals surface area contributed by atoms with Gasteiger partial charge in [-0.3, -0.25) is 9.10 Å². The van der Waals surface area contributed by atoms with Crippen molar-refractivity contribution in [3.05, 3.63) is 29.8 Å². The Balaban J connectivity index is 1.86. The molecule has 2 aliphatic rings. The molecule has 17 heavy (non-hydrogen) atoms. The molecule has 0 aromatic heterocycles. The normalized spacial score (nSPS) is 21.9. The number of thiol groups is 1. The number of hydrogen-bond donors (Lipinski definition) is 1. The number of carbonyl (C=O) groups excluding carboxylic acids is 1. The molecule has 0 saturated carbocycles. The lowest BCUT2D eigenvalue weighted by atomic mass is 10.0. The number of para-hydroxylation sites is 1. The molecule has 4 heteroatoms. The maximum absolute atomic E-state index is 12.1. The second-order valence-corrected chi connectivity index (χ2v) is 5.32. The van der Waals surface area contributed by atoms with Crippen molar-refractivity contribution in [1.82, 2.24) is 4.31 Å². The highest BCUT2D eigenvalue weighted by Gasteiger charge is 2.33. The van der Waals surface area contributed by atoms with Crippen LogP contribution in [0, 0.1) is 0 Å². The number of benzene rings is 1. The molecular formula is C13H16N2OS. The minimum absolute atomic E-state index is 0.254. The van der Waals surface area contributed by atoms with Crippen molar-refractivity contribution in [2.75, 3.05) is 18.0 Å². The molecule has 1 saturated heterocycles. The van der Waals surface area contributed by atoms with Gasteiger partial charge in [-0.05, 0) is 24.5 Å². The summed E-state index contributed by atoms with van der Waals surface area (Å²) in [5, 5.41) is 0. The van der Waals surface area contributed by atoms with E-state index < -0.39 is 0 Å². The number of rotatable bonds is 1. The Hall–Kier alpha value is -1.00. The van der Waals surface area contributed by atoms with E-state index in [0.717, 1.165) is 31.6 Å². The molecule has 0 atom stereocenters. The average molecular weight is 248 g/mol. The molecule has 1 fully saturated rings. The highest BCUT2D eigenvalue weighted by Crippen LogP contribution is 2.33. The molecule has 1 aromatic rings. The van der Waals surface area contributed by atoms with Gasteiger partial charge in [0.15, 0.2) is 0 Å². The van der Waals surface area contributed by atoms with Gasteiger partial charge in [0.2, 0.25) is 5.91 Å². The summed E-state index contributed by atoms with van der Waals surface area (Å²) in [6.45, 7) is 1.92. The summed E-state index contributed by atoms with van der Waals surface area (Å²) >= 11 is 4.35. The van der Waals surface area contributed by atoms with E-state index >= 15 is 0 Å². The van der Waals surface area contributed by atoms with Crippen LogP contribution < -0.4 is 4.90 Å². The van der Waals surface area contributed by atoms with E-state index in [-0.39, 0.29) is 5.91 Å². The first-order valence-corrected chi connectivity index (χ1v) is 6.49. The van der Waals surface area contributed by atoms with E-state index in [0.29, 0.717) is 12.5 Å². The number of amides is 1. The maximum atomic E-state index is 12.1. The fraction of sp³-hybridized carbons (Fsp3) is 0.462. The molecule has 1 amide bonds. The molecule has 3 nitrogen and oxygen atoms in total. The van der Waals surface area contributed by atoms with Crippen LogP contribution in [0.15, 0.2) is 24.3 Å². The number of fused-ring (bicyclic) bond motifs is 1. The maximum Gasteiger partial charge on any atom is 0.231 e. The second-order valence-electron chi connectivity index (χ2n) is 4.75. The van der Waals surface area contributed by atoms with Crippen molar-refractivity contribution in [2.24, 2.45) is 0 Å². The fourth-order valence-electron chi connectivity index (χ4n) is 2.79. The van der Waals surface area contributed by atoms with Crippen LogP contribution in [-0.4, -0.2) is 29.3 Å². The highest BCUT2D eigenvalue weighted by atomic mass is 32.1. The van der Waals surface area contributed by atoms with Gasteiger partial charge in [0, 0.05) is 24.8 Å². The first kappa shape index (κ1) is 11.1. The Morgan fingerprint density at radius 1 is 1.18 bits per heavy atom. The van der Waals surface area contributed by atoms with Gasteiger partial charge < -0.3 is 4.90 Å². The monoisotopic (exact) mass is 248 g/mol. The summed E-state index contributed by atoms with van der Waals surface area (Å²) < 4.78 is 2.03. The molecule has 0 unspecified atom stereocenters.